The van der Waals surface area contributed by atoms with Crippen LogP contribution in [-0.4, -0.2) is 46.9 Å². The standard InChI is InChI=1S/C14H21NO.C4H4O4/c1-4-5-10-14(16)13-9-7-6-8-12(13)11-15(2)3;5-3(6)1-2-4(7)8/h6-9H,4-5,10-11H2,1-3H3;1-2H,(H,5,6)(H,7,8)/b;2-1-. The zero-order chi connectivity index (χ0) is 18.5. The van der Waals surface area contributed by atoms with E-state index in [9.17, 15) is 14.4 Å². The Morgan fingerprint density at radius 1 is 1.04 bits per heavy atom. The summed E-state index contributed by atoms with van der Waals surface area (Å²) >= 11 is 0. The van der Waals surface area contributed by atoms with Gasteiger partial charge in [-0.25, -0.2) is 9.59 Å². The van der Waals surface area contributed by atoms with E-state index >= 15 is 0 Å². The number of carbonyl (C=O) groups excluding carboxylic acids is 1. The molecule has 0 saturated carbocycles. The van der Waals surface area contributed by atoms with Crippen molar-refractivity contribution in [2.75, 3.05) is 14.1 Å². The molecule has 0 fully saturated rings. The number of rotatable bonds is 8. The van der Waals surface area contributed by atoms with Gasteiger partial charge in [-0.3, -0.25) is 4.79 Å². The summed E-state index contributed by atoms with van der Waals surface area (Å²) in [6.45, 7) is 2.94. The van der Waals surface area contributed by atoms with Gasteiger partial charge < -0.3 is 15.1 Å². The van der Waals surface area contributed by atoms with Crippen molar-refractivity contribution in [2.24, 2.45) is 0 Å². The molecule has 0 saturated heterocycles. The first-order valence-electron chi connectivity index (χ1n) is 7.67. The van der Waals surface area contributed by atoms with Crippen LogP contribution in [0.2, 0.25) is 0 Å². The van der Waals surface area contributed by atoms with Crippen LogP contribution in [0.15, 0.2) is 36.4 Å². The molecule has 0 aliphatic carbocycles. The minimum Gasteiger partial charge on any atom is -0.478 e. The molecule has 0 aliphatic rings. The van der Waals surface area contributed by atoms with E-state index in [1.165, 1.54) is 0 Å². The molecule has 0 atom stereocenters. The maximum absolute atomic E-state index is 12.0. The Balaban J connectivity index is 0.000000561. The fraction of sp³-hybridized carbons (Fsp3) is 0.389. The molecule has 2 N–H and O–H groups in total. The van der Waals surface area contributed by atoms with Crippen LogP contribution in [0.1, 0.15) is 42.1 Å². The number of carbonyl (C=O) groups is 3. The zero-order valence-corrected chi connectivity index (χ0v) is 14.4. The van der Waals surface area contributed by atoms with E-state index in [1.54, 1.807) is 0 Å². The zero-order valence-electron chi connectivity index (χ0n) is 14.4. The van der Waals surface area contributed by atoms with E-state index in [2.05, 4.69) is 11.8 Å². The fourth-order valence-electron chi connectivity index (χ4n) is 1.89. The molecule has 0 aromatic heterocycles. The molecule has 0 heterocycles. The van der Waals surface area contributed by atoms with E-state index in [4.69, 9.17) is 10.2 Å². The lowest BCUT2D eigenvalue weighted by molar-refractivity contribution is -0.134. The number of ketones is 1. The third-order valence-electron chi connectivity index (χ3n) is 2.93. The van der Waals surface area contributed by atoms with Crippen LogP contribution in [0.5, 0.6) is 0 Å². The van der Waals surface area contributed by atoms with Crippen molar-refractivity contribution in [3.05, 3.63) is 47.5 Å². The van der Waals surface area contributed by atoms with Gasteiger partial charge in [-0.1, -0.05) is 37.6 Å². The van der Waals surface area contributed by atoms with Gasteiger partial charge in [0.1, 0.15) is 0 Å². The van der Waals surface area contributed by atoms with Gasteiger partial charge in [0, 0.05) is 30.7 Å². The predicted molar refractivity (Wildman–Crippen MR) is 92.1 cm³/mol. The van der Waals surface area contributed by atoms with Crippen LogP contribution >= 0.6 is 0 Å². The van der Waals surface area contributed by atoms with Crippen LogP contribution < -0.4 is 0 Å². The smallest absolute Gasteiger partial charge is 0.328 e. The Labute approximate surface area is 142 Å². The van der Waals surface area contributed by atoms with Crippen molar-refractivity contribution < 1.29 is 24.6 Å². The minimum atomic E-state index is -1.26. The second kappa shape index (κ2) is 12.0. The average Bonchev–Trinajstić information content (AvgIpc) is 2.51. The lowest BCUT2D eigenvalue weighted by Gasteiger charge is -2.13. The molecule has 0 amide bonds. The van der Waals surface area contributed by atoms with E-state index in [0.717, 1.165) is 30.5 Å². The first kappa shape index (κ1) is 21.5. The SMILES string of the molecule is CCCCC(=O)c1ccccc1CN(C)C.O=C(O)/C=C\C(=O)O. The normalized spacial score (nSPS) is 10.3. The molecule has 1 rings (SSSR count). The van der Waals surface area contributed by atoms with Gasteiger partial charge in [0.15, 0.2) is 5.78 Å². The maximum Gasteiger partial charge on any atom is 0.328 e. The van der Waals surface area contributed by atoms with Crippen molar-refractivity contribution in [3.63, 3.8) is 0 Å². The lowest BCUT2D eigenvalue weighted by atomic mass is 10.00. The Hall–Kier alpha value is -2.47. The summed E-state index contributed by atoms with van der Waals surface area (Å²) in [6.07, 6.45) is 3.84. The quantitative estimate of drug-likeness (QED) is 0.560. The summed E-state index contributed by atoms with van der Waals surface area (Å²) in [5.41, 5.74) is 2.03. The summed E-state index contributed by atoms with van der Waals surface area (Å²) in [4.78, 5) is 33.2. The van der Waals surface area contributed by atoms with Crippen molar-refractivity contribution in [3.8, 4) is 0 Å². The molecule has 0 radical (unpaired) electrons. The Kier molecular flexibility index (Phi) is 10.8. The highest BCUT2D eigenvalue weighted by Gasteiger charge is 2.10. The Bertz CT molecular complexity index is 563. The first-order chi connectivity index (χ1) is 11.3. The first-order valence-corrected chi connectivity index (χ1v) is 7.67. The topological polar surface area (TPSA) is 94.9 Å². The molecule has 24 heavy (non-hydrogen) atoms. The van der Waals surface area contributed by atoms with Crippen LogP contribution in [0, 0.1) is 0 Å². The van der Waals surface area contributed by atoms with Gasteiger partial charge in [-0.2, -0.15) is 0 Å². The summed E-state index contributed by atoms with van der Waals surface area (Å²) in [7, 11) is 4.04. The van der Waals surface area contributed by atoms with Crippen molar-refractivity contribution >= 4 is 17.7 Å². The largest absolute Gasteiger partial charge is 0.478 e. The molecule has 0 unspecified atom stereocenters. The summed E-state index contributed by atoms with van der Waals surface area (Å²) in [5, 5.41) is 15.6. The second-order valence-corrected chi connectivity index (χ2v) is 5.43. The molecule has 1 aromatic rings. The van der Waals surface area contributed by atoms with Crippen LogP contribution in [0.25, 0.3) is 0 Å². The summed E-state index contributed by atoms with van der Waals surface area (Å²) < 4.78 is 0. The summed E-state index contributed by atoms with van der Waals surface area (Å²) in [6, 6.07) is 7.92. The van der Waals surface area contributed by atoms with E-state index in [1.807, 2.05) is 38.4 Å². The van der Waals surface area contributed by atoms with Crippen molar-refractivity contribution in [2.45, 2.75) is 32.7 Å². The van der Waals surface area contributed by atoms with E-state index < -0.39 is 11.9 Å². The highest BCUT2D eigenvalue weighted by molar-refractivity contribution is 5.97. The predicted octanol–water partition coefficient (Wildman–Crippen LogP) is 2.83. The van der Waals surface area contributed by atoms with Gasteiger partial charge in [0.2, 0.25) is 0 Å². The third kappa shape index (κ3) is 10.3. The van der Waals surface area contributed by atoms with Gasteiger partial charge in [-0.15, -0.1) is 0 Å². The number of nitrogens with zero attached hydrogens (tertiary/aromatic N) is 1. The second-order valence-electron chi connectivity index (χ2n) is 5.43. The molecule has 1 aromatic carbocycles. The molecule has 0 aliphatic heterocycles. The molecule has 6 nitrogen and oxygen atoms in total. The number of carboxylic acid groups (broad SMARTS) is 2. The Morgan fingerprint density at radius 2 is 1.58 bits per heavy atom. The summed E-state index contributed by atoms with van der Waals surface area (Å²) in [5.74, 6) is -2.24. The van der Waals surface area contributed by atoms with Crippen molar-refractivity contribution in [1.29, 1.82) is 0 Å². The van der Waals surface area contributed by atoms with Crippen LogP contribution in [-0.2, 0) is 16.1 Å². The number of aliphatic carboxylic acids is 2. The number of Topliss-reactive ketones (excluding diaryl/α,β-unsaturated/α-hetero) is 1. The molecule has 0 bridgehead atoms. The molecular weight excluding hydrogens is 310 g/mol. The van der Waals surface area contributed by atoms with Gasteiger partial charge in [0.25, 0.3) is 0 Å². The minimum absolute atomic E-state index is 0.277. The molecule has 6 heteroatoms. The Morgan fingerprint density at radius 3 is 2.04 bits per heavy atom. The molecule has 0 spiro atoms. The maximum atomic E-state index is 12.0. The highest BCUT2D eigenvalue weighted by atomic mass is 16.4. The number of hydrogen-bond acceptors (Lipinski definition) is 4. The van der Waals surface area contributed by atoms with Gasteiger partial charge >= 0.3 is 11.9 Å². The number of carboxylic acids is 2. The third-order valence-corrected chi connectivity index (χ3v) is 2.93. The fourth-order valence-corrected chi connectivity index (χ4v) is 1.89. The monoisotopic (exact) mass is 335 g/mol. The van der Waals surface area contributed by atoms with Crippen molar-refractivity contribution in [1.82, 2.24) is 4.90 Å². The van der Waals surface area contributed by atoms with E-state index in [-0.39, 0.29) is 5.78 Å². The lowest BCUT2D eigenvalue weighted by Crippen LogP contribution is -2.14. The van der Waals surface area contributed by atoms with Gasteiger partial charge in [-0.05, 0) is 26.1 Å². The highest BCUT2D eigenvalue weighted by Crippen LogP contribution is 2.14. The average molecular weight is 335 g/mol. The van der Waals surface area contributed by atoms with Gasteiger partial charge in [0.05, 0.1) is 0 Å². The number of unbranched alkanes of at least 4 members (excludes halogenated alkanes) is 1. The molecule has 132 valence electrons. The van der Waals surface area contributed by atoms with Crippen LogP contribution in [0.4, 0.5) is 0 Å². The number of hydrogen-bond donors (Lipinski definition) is 2. The van der Waals surface area contributed by atoms with Crippen LogP contribution in [0.3, 0.4) is 0 Å². The molecular formula is C18H25NO5. The van der Waals surface area contributed by atoms with E-state index in [0.29, 0.717) is 18.6 Å². The number of benzene rings is 1.